The zero-order chi connectivity index (χ0) is 7.56. The van der Waals surface area contributed by atoms with Crippen LogP contribution < -0.4 is 4.74 Å². The average molecular weight is 160 g/mol. The molecule has 1 heterocycles. The van der Waals surface area contributed by atoms with E-state index in [1.54, 1.807) is 6.92 Å². The summed E-state index contributed by atoms with van der Waals surface area (Å²) in [6.07, 6.45) is 2.52. The molecule has 1 atom stereocenters. The van der Waals surface area contributed by atoms with E-state index < -0.39 is 0 Å². The quantitative estimate of drug-likeness (QED) is 0.510. The highest BCUT2D eigenvalue weighted by molar-refractivity contribution is 7.80. The molecule has 0 aliphatic rings. The van der Waals surface area contributed by atoms with Crippen LogP contribution in [0.1, 0.15) is 6.92 Å². The van der Waals surface area contributed by atoms with Crippen molar-refractivity contribution < 1.29 is 14.3 Å². The van der Waals surface area contributed by atoms with Crippen molar-refractivity contribution in [2.45, 2.75) is 12.4 Å². The summed E-state index contributed by atoms with van der Waals surface area (Å²) in [5.41, 5.74) is -0.247. The fourth-order valence-corrected chi connectivity index (χ4v) is 0.664. The number of hydrogen-bond donors (Lipinski definition) is 2. The van der Waals surface area contributed by atoms with Crippen molar-refractivity contribution in [3.8, 4) is 11.5 Å². The van der Waals surface area contributed by atoms with Gasteiger partial charge in [0.05, 0.1) is 0 Å². The summed E-state index contributed by atoms with van der Waals surface area (Å²) in [5.74, 6) is 0.323. The molecule has 1 N–H and O–H groups in total. The Morgan fingerprint density at radius 3 is 2.80 bits per heavy atom. The van der Waals surface area contributed by atoms with Crippen LogP contribution in [0.2, 0.25) is 0 Å². The van der Waals surface area contributed by atoms with Gasteiger partial charge in [0, 0.05) is 0 Å². The standard InChI is InChI=1S/C6H8O3S/c1-4(10)9-6-3-8-2-5(6)7/h2-4,7,10H,1H3. The fraction of sp³-hybridized carbons (Fsp3) is 0.333. The smallest absolute Gasteiger partial charge is 0.200 e. The van der Waals surface area contributed by atoms with E-state index in [1.165, 1.54) is 12.5 Å². The maximum atomic E-state index is 8.95. The van der Waals surface area contributed by atoms with Crippen LogP contribution in [-0.4, -0.2) is 10.5 Å². The van der Waals surface area contributed by atoms with Gasteiger partial charge in [0.15, 0.2) is 5.75 Å². The van der Waals surface area contributed by atoms with Gasteiger partial charge in [0.2, 0.25) is 5.75 Å². The van der Waals surface area contributed by atoms with Crippen molar-refractivity contribution >= 4 is 12.6 Å². The van der Waals surface area contributed by atoms with Gasteiger partial charge >= 0.3 is 0 Å². The minimum atomic E-state index is -0.247. The van der Waals surface area contributed by atoms with E-state index in [1.807, 2.05) is 0 Å². The van der Waals surface area contributed by atoms with E-state index in [-0.39, 0.29) is 11.2 Å². The highest BCUT2D eigenvalue weighted by atomic mass is 32.1. The second kappa shape index (κ2) is 2.88. The van der Waals surface area contributed by atoms with Gasteiger partial charge in [-0.2, -0.15) is 0 Å². The topological polar surface area (TPSA) is 42.6 Å². The number of furan rings is 1. The van der Waals surface area contributed by atoms with Crippen LogP contribution in [0.15, 0.2) is 16.9 Å². The summed E-state index contributed by atoms with van der Waals surface area (Å²) < 4.78 is 9.64. The summed E-state index contributed by atoms with van der Waals surface area (Å²) in [5, 5.41) is 8.95. The Kier molecular flexibility index (Phi) is 2.11. The average Bonchev–Trinajstić information content (AvgIpc) is 2.15. The minimum absolute atomic E-state index is 0.000833. The van der Waals surface area contributed by atoms with E-state index in [2.05, 4.69) is 17.0 Å². The summed E-state index contributed by atoms with van der Waals surface area (Å²) in [7, 11) is 0. The first kappa shape index (κ1) is 7.34. The molecule has 1 unspecified atom stereocenters. The maximum Gasteiger partial charge on any atom is 0.200 e. The van der Waals surface area contributed by atoms with E-state index in [0.29, 0.717) is 5.75 Å². The molecule has 10 heavy (non-hydrogen) atoms. The molecular formula is C6H8O3S. The highest BCUT2D eigenvalue weighted by Crippen LogP contribution is 2.27. The summed E-state index contributed by atoms with van der Waals surface area (Å²) in [4.78, 5) is 0. The Morgan fingerprint density at radius 1 is 1.70 bits per heavy atom. The molecular weight excluding hydrogens is 152 g/mol. The van der Waals surface area contributed by atoms with Gasteiger partial charge in [-0.1, -0.05) is 0 Å². The van der Waals surface area contributed by atoms with Crippen LogP contribution in [0.25, 0.3) is 0 Å². The highest BCUT2D eigenvalue weighted by Gasteiger charge is 2.05. The third-order valence-corrected chi connectivity index (χ3v) is 1.01. The zero-order valence-electron chi connectivity index (χ0n) is 5.44. The molecule has 56 valence electrons. The predicted molar refractivity (Wildman–Crippen MR) is 39.4 cm³/mol. The SMILES string of the molecule is CC(S)Oc1cocc1O. The number of rotatable bonds is 2. The van der Waals surface area contributed by atoms with Crippen LogP contribution in [0.4, 0.5) is 0 Å². The molecule has 0 aliphatic heterocycles. The van der Waals surface area contributed by atoms with Gasteiger partial charge in [-0.25, -0.2) is 0 Å². The van der Waals surface area contributed by atoms with Crippen molar-refractivity contribution in [3.63, 3.8) is 0 Å². The lowest BCUT2D eigenvalue weighted by Gasteiger charge is -2.04. The Balaban J connectivity index is 2.65. The third kappa shape index (κ3) is 1.60. The molecule has 3 nitrogen and oxygen atoms in total. The van der Waals surface area contributed by atoms with Crippen molar-refractivity contribution in [1.29, 1.82) is 0 Å². The van der Waals surface area contributed by atoms with E-state index in [4.69, 9.17) is 9.84 Å². The van der Waals surface area contributed by atoms with Gasteiger partial charge in [0.25, 0.3) is 0 Å². The first-order chi connectivity index (χ1) is 4.70. The van der Waals surface area contributed by atoms with Gasteiger partial charge < -0.3 is 14.3 Å². The van der Waals surface area contributed by atoms with Crippen molar-refractivity contribution in [2.75, 3.05) is 0 Å². The van der Waals surface area contributed by atoms with Gasteiger partial charge in [-0.3, -0.25) is 0 Å². The molecule has 0 radical (unpaired) electrons. The van der Waals surface area contributed by atoms with E-state index in [0.717, 1.165) is 0 Å². The van der Waals surface area contributed by atoms with Crippen LogP contribution >= 0.6 is 12.6 Å². The molecule has 1 aromatic heterocycles. The summed E-state index contributed by atoms with van der Waals surface area (Å²) in [6.45, 7) is 1.75. The monoisotopic (exact) mass is 160 g/mol. The fourth-order valence-electron chi connectivity index (χ4n) is 0.551. The summed E-state index contributed by atoms with van der Waals surface area (Å²) >= 11 is 3.96. The Morgan fingerprint density at radius 2 is 2.40 bits per heavy atom. The third-order valence-electron chi connectivity index (χ3n) is 0.905. The summed E-state index contributed by atoms with van der Waals surface area (Å²) in [6, 6.07) is 0. The van der Waals surface area contributed by atoms with E-state index in [9.17, 15) is 0 Å². The number of hydrogen-bond acceptors (Lipinski definition) is 4. The molecule has 4 heteroatoms. The second-order valence-electron chi connectivity index (χ2n) is 1.84. The van der Waals surface area contributed by atoms with Crippen LogP contribution in [0.5, 0.6) is 11.5 Å². The van der Waals surface area contributed by atoms with Crippen LogP contribution in [0, 0.1) is 0 Å². The molecule has 0 bridgehead atoms. The lowest BCUT2D eigenvalue weighted by molar-refractivity contribution is 0.292. The minimum Gasteiger partial charge on any atom is -0.502 e. The zero-order valence-corrected chi connectivity index (χ0v) is 6.34. The normalized spacial score (nSPS) is 13.0. The van der Waals surface area contributed by atoms with Gasteiger partial charge in [-0.15, -0.1) is 12.6 Å². The molecule has 0 saturated carbocycles. The molecule has 0 spiro atoms. The number of ether oxygens (including phenoxy) is 1. The van der Waals surface area contributed by atoms with Crippen LogP contribution in [0.3, 0.4) is 0 Å². The largest absolute Gasteiger partial charge is 0.502 e. The Hall–Kier alpha value is -0.770. The van der Waals surface area contributed by atoms with E-state index >= 15 is 0 Å². The predicted octanol–water partition coefficient (Wildman–Crippen LogP) is 1.64. The molecule has 0 aliphatic carbocycles. The Bertz CT molecular complexity index is 207. The van der Waals surface area contributed by atoms with Crippen molar-refractivity contribution in [3.05, 3.63) is 12.5 Å². The number of thiol groups is 1. The van der Waals surface area contributed by atoms with Crippen molar-refractivity contribution in [1.82, 2.24) is 0 Å². The molecule has 1 rings (SSSR count). The number of aromatic hydroxyl groups is 1. The lowest BCUT2D eigenvalue weighted by atomic mass is 10.5. The molecule has 0 amide bonds. The molecule has 0 aromatic carbocycles. The molecule has 0 fully saturated rings. The maximum absolute atomic E-state index is 8.95. The Labute approximate surface area is 64.0 Å². The first-order valence-corrected chi connectivity index (χ1v) is 3.31. The van der Waals surface area contributed by atoms with Crippen molar-refractivity contribution in [2.24, 2.45) is 0 Å². The lowest BCUT2D eigenvalue weighted by Crippen LogP contribution is -2.01. The van der Waals surface area contributed by atoms with Crippen LogP contribution in [-0.2, 0) is 0 Å². The second-order valence-corrected chi connectivity index (χ2v) is 2.57. The van der Waals surface area contributed by atoms with Gasteiger partial charge in [-0.05, 0) is 6.92 Å². The first-order valence-electron chi connectivity index (χ1n) is 2.80. The molecule has 0 saturated heterocycles. The molecule has 1 aromatic rings. The van der Waals surface area contributed by atoms with Gasteiger partial charge in [0.1, 0.15) is 18.0 Å².